The summed E-state index contributed by atoms with van der Waals surface area (Å²) in [5.41, 5.74) is 7.49. The number of tetrazole rings is 1. The van der Waals surface area contributed by atoms with Gasteiger partial charge < -0.3 is 10.5 Å². The maximum Gasteiger partial charge on any atom is 0.182 e. The van der Waals surface area contributed by atoms with Gasteiger partial charge >= 0.3 is 0 Å². The molecule has 0 aliphatic carbocycles. The van der Waals surface area contributed by atoms with E-state index < -0.39 is 0 Å². The van der Waals surface area contributed by atoms with Crippen LogP contribution in [0.5, 0.6) is 0 Å². The van der Waals surface area contributed by atoms with Crippen molar-refractivity contribution in [3.63, 3.8) is 0 Å². The summed E-state index contributed by atoms with van der Waals surface area (Å²) in [5.74, 6) is 0.735. The van der Waals surface area contributed by atoms with Crippen LogP contribution >= 0.6 is 15.9 Å². The number of anilines is 1. The summed E-state index contributed by atoms with van der Waals surface area (Å²) in [4.78, 5) is 0. The van der Waals surface area contributed by atoms with Crippen LogP contribution in [0.3, 0.4) is 0 Å². The van der Waals surface area contributed by atoms with Crippen molar-refractivity contribution >= 4 is 21.6 Å². The maximum atomic E-state index is 5.90. The number of nitrogens with two attached hydrogens (primary N) is 1. The molecule has 2 rings (SSSR count). The quantitative estimate of drug-likeness (QED) is 0.611. The zero-order valence-corrected chi connectivity index (χ0v) is 13.9. The van der Waals surface area contributed by atoms with Crippen LogP contribution in [0.25, 0.3) is 11.4 Å². The van der Waals surface area contributed by atoms with Gasteiger partial charge in [0.25, 0.3) is 0 Å². The molecular formula is C14H20BrN5O. The van der Waals surface area contributed by atoms with Crippen LogP contribution in [0.1, 0.15) is 26.7 Å². The standard InChI is InChI=1S/C14H20BrN5O/c1-10(2)21-8-4-3-7-20-14(17-18-19-20)11-5-6-12(15)13(16)9-11/h5-6,9-10H,3-4,7-8,16H2,1-2H3. The molecule has 2 N–H and O–H groups in total. The Labute approximate surface area is 132 Å². The second-order valence-electron chi connectivity index (χ2n) is 5.09. The van der Waals surface area contributed by atoms with E-state index in [4.69, 9.17) is 10.5 Å². The van der Waals surface area contributed by atoms with Crippen LogP contribution in [0, 0.1) is 0 Å². The SMILES string of the molecule is CC(C)OCCCCn1nnnc1-c1ccc(Br)c(N)c1. The molecule has 0 saturated carbocycles. The molecule has 0 amide bonds. The molecule has 0 aliphatic heterocycles. The summed E-state index contributed by atoms with van der Waals surface area (Å²) in [6.07, 6.45) is 2.23. The highest BCUT2D eigenvalue weighted by Crippen LogP contribution is 2.25. The number of benzene rings is 1. The average molecular weight is 354 g/mol. The van der Waals surface area contributed by atoms with E-state index in [1.54, 1.807) is 4.68 Å². The minimum Gasteiger partial charge on any atom is -0.398 e. The van der Waals surface area contributed by atoms with E-state index in [1.807, 2.05) is 32.0 Å². The highest BCUT2D eigenvalue weighted by molar-refractivity contribution is 9.10. The molecule has 114 valence electrons. The highest BCUT2D eigenvalue weighted by atomic mass is 79.9. The first-order valence-corrected chi connectivity index (χ1v) is 7.80. The normalized spacial score (nSPS) is 11.2. The number of nitrogens with zero attached hydrogens (tertiary/aromatic N) is 4. The molecule has 1 heterocycles. The number of aromatic nitrogens is 4. The Bertz CT molecular complexity index is 584. The van der Waals surface area contributed by atoms with Crippen molar-refractivity contribution in [2.45, 2.75) is 39.3 Å². The van der Waals surface area contributed by atoms with Gasteiger partial charge in [-0.05, 0) is 71.2 Å². The molecule has 0 aliphatic rings. The van der Waals surface area contributed by atoms with Crippen LogP contribution in [-0.2, 0) is 11.3 Å². The molecule has 2 aromatic rings. The third kappa shape index (κ3) is 4.50. The second-order valence-corrected chi connectivity index (χ2v) is 5.94. The first kappa shape index (κ1) is 15.9. The fourth-order valence-electron chi connectivity index (χ4n) is 1.93. The number of unbranched alkanes of at least 4 members (excludes halogenated alkanes) is 1. The van der Waals surface area contributed by atoms with Crippen LogP contribution in [0.4, 0.5) is 5.69 Å². The molecule has 1 aromatic carbocycles. The number of hydrogen-bond donors (Lipinski definition) is 1. The Morgan fingerprint density at radius 1 is 1.33 bits per heavy atom. The maximum absolute atomic E-state index is 5.90. The van der Waals surface area contributed by atoms with Crippen molar-refractivity contribution in [3.05, 3.63) is 22.7 Å². The van der Waals surface area contributed by atoms with Crippen molar-refractivity contribution in [1.29, 1.82) is 0 Å². The minimum absolute atomic E-state index is 0.277. The van der Waals surface area contributed by atoms with Crippen LogP contribution < -0.4 is 5.73 Å². The molecule has 0 spiro atoms. The largest absolute Gasteiger partial charge is 0.398 e. The number of hydrogen-bond acceptors (Lipinski definition) is 5. The molecule has 7 heteroatoms. The fourth-order valence-corrected chi connectivity index (χ4v) is 2.17. The lowest BCUT2D eigenvalue weighted by molar-refractivity contribution is 0.0753. The van der Waals surface area contributed by atoms with E-state index >= 15 is 0 Å². The van der Waals surface area contributed by atoms with Crippen LogP contribution in [0.2, 0.25) is 0 Å². The van der Waals surface area contributed by atoms with Crippen molar-refractivity contribution in [2.75, 3.05) is 12.3 Å². The molecule has 1 aromatic heterocycles. The van der Waals surface area contributed by atoms with Gasteiger partial charge in [0, 0.05) is 28.9 Å². The summed E-state index contributed by atoms with van der Waals surface area (Å²) >= 11 is 3.38. The van der Waals surface area contributed by atoms with Gasteiger partial charge in [-0.1, -0.05) is 0 Å². The molecule has 0 unspecified atom stereocenters. The van der Waals surface area contributed by atoms with Gasteiger partial charge in [-0.2, -0.15) is 0 Å². The van der Waals surface area contributed by atoms with E-state index in [0.717, 1.165) is 41.9 Å². The topological polar surface area (TPSA) is 78.8 Å². The lowest BCUT2D eigenvalue weighted by atomic mass is 10.2. The molecule has 0 fully saturated rings. The molecule has 0 saturated heterocycles. The zero-order valence-electron chi connectivity index (χ0n) is 12.3. The minimum atomic E-state index is 0.277. The third-order valence-corrected chi connectivity index (χ3v) is 3.72. The number of rotatable bonds is 7. The lowest BCUT2D eigenvalue weighted by Gasteiger charge is -2.08. The first-order chi connectivity index (χ1) is 10.1. The number of nitrogen functional groups attached to an aromatic ring is 1. The van der Waals surface area contributed by atoms with Crippen molar-refractivity contribution in [3.8, 4) is 11.4 Å². The molecule has 0 atom stereocenters. The molecule has 6 nitrogen and oxygen atoms in total. The zero-order chi connectivity index (χ0) is 15.2. The van der Waals surface area contributed by atoms with Gasteiger partial charge in [0.15, 0.2) is 5.82 Å². The predicted molar refractivity (Wildman–Crippen MR) is 85.7 cm³/mol. The van der Waals surface area contributed by atoms with Gasteiger partial charge in [0.05, 0.1) is 6.10 Å². The second kappa shape index (κ2) is 7.51. The molecule has 0 bridgehead atoms. The van der Waals surface area contributed by atoms with E-state index in [-0.39, 0.29) is 6.10 Å². The monoisotopic (exact) mass is 353 g/mol. The molecular weight excluding hydrogens is 334 g/mol. The summed E-state index contributed by atoms with van der Waals surface area (Å²) in [7, 11) is 0. The highest BCUT2D eigenvalue weighted by Gasteiger charge is 2.10. The van der Waals surface area contributed by atoms with E-state index in [9.17, 15) is 0 Å². The Kier molecular flexibility index (Phi) is 5.69. The predicted octanol–water partition coefficient (Wildman–Crippen LogP) is 2.89. The van der Waals surface area contributed by atoms with Gasteiger partial charge in [0.2, 0.25) is 0 Å². The summed E-state index contributed by atoms with van der Waals surface area (Å²) < 4.78 is 8.20. The summed E-state index contributed by atoms with van der Waals surface area (Å²) in [6.45, 7) is 5.61. The van der Waals surface area contributed by atoms with Gasteiger partial charge in [-0.3, -0.25) is 0 Å². The van der Waals surface area contributed by atoms with Crippen LogP contribution in [0.15, 0.2) is 22.7 Å². The number of ether oxygens (including phenoxy) is 1. The Morgan fingerprint density at radius 3 is 2.86 bits per heavy atom. The van der Waals surface area contributed by atoms with Gasteiger partial charge in [-0.25, -0.2) is 4.68 Å². The fraction of sp³-hybridized carbons (Fsp3) is 0.500. The van der Waals surface area contributed by atoms with E-state index in [1.165, 1.54) is 0 Å². The Balaban J connectivity index is 1.96. The van der Waals surface area contributed by atoms with Crippen molar-refractivity contribution in [1.82, 2.24) is 20.2 Å². The van der Waals surface area contributed by atoms with E-state index in [2.05, 4.69) is 31.5 Å². The smallest absolute Gasteiger partial charge is 0.182 e. The summed E-state index contributed by atoms with van der Waals surface area (Å²) in [5, 5.41) is 11.9. The number of halogens is 1. The molecule has 21 heavy (non-hydrogen) atoms. The average Bonchev–Trinajstić information content (AvgIpc) is 2.89. The Hall–Kier alpha value is -1.47. The lowest BCUT2D eigenvalue weighted by Crippen LogP contribution is -2.07. The molecule has 0 radical (unpaired) electrons. The summed E-state index contributed by atoms with van der Waals surface area (Å²) in [6, 6.07) is 5.72. The first-order valence-electron chi connectivity index (χ1n) is 7.01. The van der Waals surface area contributed by atoms with Crippen molar-refractivity contribution < 1.29 is 4.74 Å². The van der Waals surface area contributed by atoms with E-state index in [0.29, 0.717) is 5.69 Å². The Morgan fingerprint density at radius 2 is 2.14 bits per heavy atom. The van der Waals surface area contributed by atoms with Gasteiger partial charge in [-0.15, -0.1) is 5.10 Å². The van der Waals surface area contributed by atoms with Gasteiger partial charge in [0.1, 0.15) is 0 Å². The van der Waals surface area contributed by atoms with Crippen LogP contribution in [-0.4, -0.2) is 32.9 Å². The number of aryl methyl sites for hydroxylation is 1. The van der Waals surface area contributed by atoms with Crippen molar-refractivity contribution in [2.24, 2.45) is 0 Å². The third-order valence-electron chi connectivity index (χ3n) is 3.00.